The summed E-state index contributed by atoms with van der Waals surface area (Å²) < 4.78 is 0. The van der Waals surface area contributed by atoms with Gasteiger partial charge in [-0.1, -0.05) is 0 Å². The molecule has 0 aromatic carbocycles. The van der Waals surface area contributed by atoms with Crippen LogP contribution >= 0.6 is 9.90 Å². The molecule has 0 rings (SSSR count). The number of hydrogen-bond donors (Lipinski definition) is 0. The van der Waals surface area contributed by atoms with Gasteiger partial charge in [0.25, 0.3) is 0 Å². The van der Waals surface area contributed by atoms with E-state index in [1.54, 1.807) is 0 Å². The molecule has 0 aliphatic rings. The Morgan fingerprint density at radius 2 is 1.00 bits per heavy atom. The van der Waals surface area contributed by atoms with Gasteiger partial charge in [-0.2, -0.15) is 9.90 Å². The van der Waals surface area contributed by atoms with Gasteiger partial charge in [-0.25, -0.2) is 0 Å². The maximum absolute atomic E-state index is 0. The van der Waals surface area contributed by atoms with Gasteiger partial charge in [0.2, 0.25) is 0 Å². The van der Waals surface area contributed by atoms with Crippen molar-refractivity contribution < 1.29 is 73.7 Å². The van der Waals surface area contributed by atoms with Crippen LogP contribution in [0.25, 0.3) is 0 Å². The zero-order chi connectivity index (χ0) is 0. The molecule has 0 saturated heterocycles. The molecule has 0 aromatic rings. The Balaban J connectivity index is 0. The fraction of sp³-hybridized carbons (Fsp3) is 0. The smallest absolute Gasteiger partial charge is 0 e. The molecular weight excluding hydrogens is 294 g/mol. The molecule has 4 heteroatoms. The summed E-state index contributed by atoms with van der Waals surface area (Å²) in [6, 6.07) is 0. The quantitative estimate of drug-likeness (QED) is 0.438. The van der Waals surface area contributed by atoms with Gasteiger partial charge in [-0.15, -0.1) is 0 Å². The molecule has 2 radical (unpaired) electrons. The minimum Gasteiger partial charge on any atom is -0.153 e. The summed E-state index contributed by atoms with van der Waals surface area (Å²) in [7, 11) is 0. The van der Waals surface area contributed by atoms with E-state index >= 15 is 0 Å². The molecule has 4 heavy (non-hydrogen) atoms. The van der Waals surface area contributed by atoms with Gasteiger partial charge in [0.05, 0.1) is 0 Å². The minimum absolute atomic E-state index is 0. The molecule has 32 valence electrons. The predicted octanol–water partition coefficient (Wildman–Crippen LogP) is 0.0531. The first-order valence-electron chi connectivity index (χ1n) is 0. The van der Waals surface area contributed by atoms with Crippen LogP contribution in [0.4, 0.5) is 0 Å². The van der Waals surface area contributed by atoms with Crippen LogP contribution in [0.2, 0.25) is 0 Å². The summed E-state index contributed by atoms with van der Waals surface area (Å²) in [5.41, 5.74) is 0. The third-order valence-electron chi connectivity index (χ3n) is 0. The maximum Gasteiger partial charge on any atom is 0 e. The minimum atomic E-state index is 0. The second-order valence-electron chi connectivity index (χ2n) is 0. The van der Waals surface area contributed by atoms with Crippen molar-refractivity contribution in [1.82, 2.24) is 0 Å². The second-order valence-corrected chi connectivity index (χ2v) is 0. The van der Waals surface area contributed by atoms with Crippen LogP contribution < -0.4 is 0 Å². The molecule has 0 saturated carbocycles. The van der Waals surface area contributed by atoms with Crippen LogP contribution in [-0.2, 0) is 33.3 Å². The van der Waals surface area contributed by atoms with Crippen molar-refractivity contribution in [2.75, 3.05) is 0 Å². The van der Waals surface area contributed by atoms with Crippen molar-refractivity contribution in [3.8, 4) is 0 Å². The molecule has 0 bridgehead atoms. The van der Waals surface area contributed by atoms with E-state index in [9.17, 15) is 0 Å². The van der Waals surface area contributed by atoms with E-state index in [-0.39, 0.29) is 83.6 Å². The molecule has 0 N–H and O–H groups in total. The third-order valence-corrected chi connectivity index (χ3v) is 0. The molecular formula is H3CoNiPPm. The van der Waals surface area contributed by atoms with E-state index in [0.29, 0.717) is 0 Å². The van der Waals surface area contributed by atoms with Gasteiger partial charge in [-0.3, -0.25) is 0 Å². The third kappa shape index (κ3) is 8.84. The van der Waals surface area contributed by atoms with Crippen molar-refractivity contribution >= 4 is 9.90 Å². The Labute approximate surface area is 82.1 Å². The second kappa shape index (κ2) is 17.1. The van der Waals surface area contributed by atoms with Gasteiger partial charge < -0.3 is 0 Å². The van der Waals surface area contributed by atoms with Crippen molar-refractivity contribution in [2.45, 2.75) is 0 Å². The Kier molecular flexibility index (Phi) is 126. The topological polar surface area (TPSA) is 0 Å². The van der Waals surface area contributed by atoms with Gasteiger partial charge in [-0.05, 0) is 0 Å². The van der Waals surface area contributed by atoms with Crippen molar-refractivity contribution in [2.24, 2.45) is 0 Å². The molecule has 1 atom stereocenters. The van der Waals surface area contributed by atoms with E-state index < -0.39 is 0 Å². The van der Waals surface area contributed by atoms with Crippen LogP contribution in [0.5, 0.6) is 0 Å². The average Bonchev–Trinajstić information content (AvgIpc) is 0. The van der Waals surface area contributed by atoms with Crippen LogP contribution in [0, 0.1) is 40.4 Å². The summed E-state index contributed by atoms with van der Waals surface area (Å²) in [5.74, 6) is 0. The Morgan fingerprint density at radius 3 is 1.00 bits per heavy atom. The molecule has 0 aromatic heterocycles. The Hall–Kier alpha value is 2.77. The average molecular weight is 297 g/mol. The van der Waals surface area contributed by atoms with Gasteiger partial charge in [0.15, 0.2) is 0 Å². The predicted molar refractivity (Wildman–Crippen MR) is 11.1 cm³/mol. The van der Waals surface area contributed by atoms with Crippen molar-refractivity contribution in [3.05, 3.63) is 0 Å². The van der Waals surface area contributed by atoms with Crippen LogP contribution in [0.15, 0.2) is 0 Å². The molecule has 0 heterocycles. The monoisotopic (exact) mass is 296 g/mol. The van der Waals surface area contributed by atoms with E-state index in [1.807, 2.05) is 0 Å². The summed E-state index contributed by atoms with van der Waals surface area (Å²) in [6.45, 7) is 0. The maximum atomic E-state index is 0. The summed E-state index contributed by atoms with van der Waals surface area (Å²) in [4.78, 5) is 0. The molecule has 0 amide bonds. The number of hydrogen-bond acceptors (Lipinski definition) is 0. The van der Waals surface area contributed by atoms with E-state index in [1.165, 1.54) is 0 Å². The molecule has 0 spiro atoms. The van der Waals surface area contributed by atoms with Crippen molar-refractivity contribution in [3.63, 3.8) is 0 Å². The largest absolute Gasteiger partial charge is 0.153 e. The van der Waals surface area contributed by atoms with Crippen LogP contribution in [0.1, 0.15) is 0 Å². The molecule has 1 unspecified atom stereocenters. The first-order valence-corrected chi connectivity index (χ1v) is 0. The van der Waals surface area contributed by atoms with E-state index in [4.69, 9.17) is 0 Å². The van der Waals surface area contributed by atoms with E-state index in [2.05, 4.69) is 0 Å². The Morgan fingerprint density at radius 1 is 1.00 bits per heavy atom. The van der Waals surface area contributed by atoms with Crippen LogP contribution in [0.3, 0.4) is 0 Å². The molecule has 0 aliphatic heterocycles. The fourth-order valence-corrected chi connectivity index (χ4v) is 0. The summed E-state index contributed by atoms with van der Waals surface area (Å²) in [5, 5.41) is 0. The fourth-order valence-electron chi connectivity index (χ4n) is 0. The Bertz CT molecular complexity index is 8.00. The standard InChI is InChI=1S/Co.Ni.H3P.Pm/h;;1H3;. The van der Waals surface area contributed by atoms with Gasteiger partial charge >= 0.3 is 0 Å². The first kappa shape index (κ1) is 29.4. The van der Waals surface area contributed by atoms with Crippen molar-refractivity contribution in [1.29, 1.82) is 0 Å². The zero-order valence-electron chi connectivity index (χ0n) is 1.80. The molecule has 0 aliphatic carbocycles. The van der Waals surface area contributed by atoms with E-state index in [0.717, 1.165) is 0 Å². The van der Waals surface area contributed by atoms with Gasteiger partial charge in [0.1, 0.15) is 0 Å². The summed E-state index contributed by atoms with van der Waals surface area (Å²) in [6.07, 6.45) is 0. The molecule has 0 nitrogen and oxygen atoms in total. The van der Waals surface area contributed by atoms with Gasteiger partial charge in [0, 0.05) is 73.7 Å². The zero-order valence-corrected chi connectivity index (χ0v) is 8.12. The normalized spacial score (nSPS) is 0. The number of rotatable bonds is 0. The molecule has 0 fully saturated rings. The van der Waals surface area contributed by atoms with Crippen LogP contribution in [-0.4, -0.2) is 0 Å². The first-order chi connectivity index (χ1) is 0. The SMILES string of the molecule is P.[Co].[Ni].[Pm]. The summed E-state index contributed by atoms with van der Waals surface area (Å²) >= 11 is 0.